The molecule has 98 valence electrons. The minimum Gasteiger partial charge on any atom is -0.383 e. The summed E-state index contributed by atoms with van der Waals surface area (Å²) in [4.78, 5) is 2.44. The van der Waals surface area contributed by atoms with Gasteiger partial charge >= 0.3 is 0 Å². The van der Waals surface area contributed by atoms with E-state index in [1.165, 1.54) is 25.8 Å². The van der Waals surface area contributed by atoms with Crippen LogP contribution >= 0.6 is 0 Å². The maximum absolute atomic E-state index is 5.71. The van der Waals surface area contributed by atoms with E-state index < -0.39 is 0 Å². The van der Waals surface area contributed by atoms with Crippen LogP contribution in [0.1, 0.15) is 40.0 Å². The zero-order valence-electron chi connectivity index (χ0n) is 11.6. The van der Waals surface area contributed by atoms with Crippen LogP contribution in [0.2, 0.25) is 0 Å². The van der Waals surface area contributed by atoms with Gasteiger partial charge in [0, 0.05) is 13.7 Å². The molecule has 0 radical (unpaired) electrons. The number of nitrogens with zero attached hydrogens (tertiary/aromatic N) is 1. The summed E-state index contributed by atoms with van der Waals surface area (Å²) >= 11 is 0. The molecule has 0 aromatic rings. The molecule has 0 rings (SSSR count). The smallest absolute Gasteiger partial charge is 0.0589 e. The molecular formula is C13H30N2O. The first kappa shape index (κ1) is 15.9. The zero-order valence-corrected chi connectivity index (χ0v) is 11.6. The van der Waals surface area contributed by atoms with Crippen molar-refractivity contribution in [3.8, 4) is 0 Å². The molecule has 2 N–H and O–H groups in total. The van der Waals surface area contributed by atoms with Gasteiger partial charge in [-0.1, -0.05) is 27.2 Å². The summed E-state index contributed by atoms with van der Waals surface area (Å²) in [5, 5.41) is 0. The average Bonchev–Trinajstić information content (AvgIpc) is 2.28. The van der Waals surface area contributed by atoms with Gasteiger partial charge in [0.2, 0.25) is 0 Å². The third-order valence-electron chi connectivity index (χ3n) is 3.19. The average molecular weight is 230 g/mol. The summed E-state index contributed by atoms with van der Waals surface area (Å²) in [5.41, 5.74) is 6.02. The Bertz CT molecular complexity index is 160. The second kappa shape index (κ2) is 8.97. The molecule has 16 heavy (non-hydrogen) atoms. The van der Waals surface area contributed by atoms with Gasteiger partial charge in [-0.3, -0.25) is 0 Å². The Labute approximate surface area is 101 Å². The van der Waals surface area contributed by atoms with Crippen LogP contribution in [-0.2, 0) is 4.74 Å². The number of nitrogens with two attached hydrogens (primary N) is 1. The van der Waals surface area contributed by atoms with E-state index in [9.17, 15) is 0 Å². The fraction of sp³-hybridized carbons (Fsp3) is 1.00. The number of methoxy groups -OCH3 is 1. The molecule has 0 atom stereocenters. The summed E-state index contributed by atoms with van der Waals surface area (Å²) < 4.78 is 5.09. The highest BCUT2D eigenvalue weighted by molar-refractivity contribution is 4.69. The third-order valence-corrected chi connectivity index (χ3v) is 3.19. The van der Waals surface area contributed by atoms with Crippen LogP contribution in [-0.4, -0.2) is 44.8 Å². The molecule has 0 saturated carbocycles. The summed E-state index contributed by atoms with van der Waals surface area (Å²) in [6.07, 6.45) is 3.76. The van der Waals surface area contributed by atoms with Crippen LogP contribution < -0.4 is 5.73 Å². The summed E-state index contributed by atoms with van der Waals surface area (Å²) in [6, 6.07) is 0. The van der Waals surface area contributed by atoms with Gasteiger partial charge in [0.1, 0.15) is 0 Å². The van der Waals surface area contributed by atoms with Gasteiger partial charge in [-0.2, -0.15) is 0 Å². The van der Waals surface area contributed by atoms with Crippen LogP contribution in [0.4, 0.5) is 0 Å². The van der Waals surface area contributed by atoms with Crippen molar-refractivity contribution in [1.82, 2.24) is 4.90 Å². The lowest BCUT2D eigenvalue weighted by atomic mass is 9.87. The molecule has 0 aliphatic heterocycles. The van der Waals surface area contributed by atoms with Crippen LogP contribution in [0.15, 0.2) is 0 Å². The van der Waals surface area contributed by atoms with Gasteiger partial charge in [-0.05, 0) is 37.9 Å². The van der Waals surface area contributed by atoms with E-state index in [1.807, 2.05) is 0 Å². The minimum absolute atomic E-state index is 0.309. The van der Waals surface area contributed by atoms with E-state index in [4.69, 9.17) is 10.5 Å². The molecule has 0 saturated heterocycles. The van der Waals surface area contributed by atoms with Crippen molar-refractivity contribution in [3.63, 3.8) is 0 Å². The first-order valence-electron chi connectivity index (χ1n) is 6.47. The van der Waals surface area contributed by atoms with Crippen molar-refractivity contribution < 1.29 is 4.74 Å². The van der Waals surface area contributed by atoms with Gasteiger partial charge in [0.05, 0.1) is 6.61 Å². The highest BCUT2D eigenvalue weighted by atomic mass is 16.5. The largest absolute Gasteiger partial charge is 0.383 e. The Kier molecular flexibility index (Phi) is 8.90. The molecule has 0 spiro atoms. The van der Waals surface area contributed by atoms with E-state index >= 15 is 0 Å². The summed E-state index contributed by atoms with van der Waals surface area (Å²) in [5.74, 6) is 0. The molecule has 0 aromatic carbocycles. The predicted octanol–water partition coefficient (Wildman–Crippen LogP) is 2.11. The van der Waals surface area contributed by atoms with E-state index in [1.54, 1.807) is 7.11 Å². The van der Waals surface area contributed by atoms with Crippen LogP contribution in [0.5, 0.6) is 0 Å². The SMILES string of the molecule is CCN(CCCCC(C)(C)CN)CCOC. The van der Waals surface area contributed by atoms with E-state index in [-0.39, 0.29) is 0 Å². The summed E-state index contributed by atoms with van der Waals surface area (Å²) in [6.45, 7) is 11.7. The molecule has 0 amide bonds. The second-order valence-electron chi connectivity index (χ2n) is 5.25. The van der Waals surface area contributed by atoms with Crippen molar-refractivity contribution in [2.75, 3.05) is 39.9 Å². The highest BCUT2D eigenvalue weighted by Crippen LogP contribution is 2.21. The Balaban J connectivity index is 3.55. The molecular weight excluding hydrogens is 200 g/mol. The number of likely N-dealkylation sites (N-methyl/N-ethyl adjacent to an activating group) is 1. The minimum atomic E-state index is 0.309. The van der Waals surface area contributed by atoms with E-state index in [2.05, 4.69) is 25.7 Å². The Morgan fingerprint density at radius 1 is 1.19 bits per heavy atom. The van der Waals surface area contributed by atoms with Crippen molar-refractivity contribution in [1.29, 1.82) is 0 Å². The second-order valence-corrected chi connectivity index (χ2v) is 5.25. The predicted molar refractivity (Wildman–Crippen MR) is 70.7 cm³/mol. The monoisotopic (exact) mass is 230 g/mol. The molecule has 0 fully saturated rings. The normalized spacial score (nSPS) is 12.4. The molecule has 3 nitrogen and oxygen atoms in total. The van der Waals surface area contributed by atoms with Gasteiger partial charge in [-0.15, -0.1) is 0 Å². The molecule has 0 aliphatic carbocycles. The molecule has 0 aromatic heterocycles. The number of ether oxygens (including phenoxy) is 1. The molecule has 0 aliphatic rings. The molecule has 0 unspecified atom stereocenters. The quantitative estimate of drug-likeness (QED) is 0.584. The maximum atomic E-state index is 5.71. The van der Waals surface area contributed by atoms with Gasteiger partial charge in [-0.25, -0.2) is 0 Å². The maximum Gasteiger partial charge on any atom is 0.0589 e. The number of unbranched alkanes of at least 4 members (excludes halogenated alkanes) is 1. The van der Waals surface area contributed by atoms with E-state index in [0.717, 1.165) is 26.2 Å². The lowest BCUT2D eigenvalue weighted by Gasteiger charge is -2.24. The first-order valence-corrected chi connectivity index (χ1v) is 6.47. The topological polar surface area (TPSA) is 38.5 Å². The Morgan fingerprint density at radius 2 is 1.88 bits per heavy atom. The lowest BCUT2D eigenvalue weighted by Crippen LogP contribution is -2.29. The van der Waals surface area contributed by atoms with Gasteiger partial charge in [0.15, 0.2) is 0 Å². The highest BCUT2D eigenvalue weighted by Gasteiger charge is 2.14. The van der Waals surface area contributed by atoms with Gasteiger partial charge < -0.3 is 15.4 Å². The fourth-order valence-corrected chi connectivity index (χ4v) is 1.69. The van der Waals surface area contributed by atoms with Gasteiger partial charge in [0.25, 0.3) is 0 Å². The van der Waals surface area contributed by atoms with Crippen molar-refractivity contribution in [2.45, 2.75) is 40.0 Å². The molecule has 0 heterocycles. The summed E-state index contributed by atoms with van der Waals surface area (Å²) in [7, 11) is 1.76. The third kappa shape index (κ3) is 8.08. The lowest BCUT2D eigenvalue weighted by molar-refractivity contribution is 0.148. The number of rotatable bonds is 10. The van der Waals surface area contributed by atoms with Crippen LogP contribution in [0, 0.1) is 5.41 Å². The fourth-order valence-electron chi connectivity index (χ4n) is 1.69. The van der Waals surface area contributed by atoms with Crippen LogP contribution in [0.3, 0.4) is 0 Å². The van der Waals surface area contributed by atoms with E-state index in [0.29, 0.717) is 5.41 Å². The number of hydrogen-bond acceptors (Lipinski definition) is 3. The van der Waals surface area contributed by atoms with Crippen molar-refractivity contribution in [3.05, 3.63) is 0 Å². The van der Waals surface area contributed by atoms with Crippen molar-refractivity contribution in [2.24, 2.45) is 11.1 Å². The first-order chi connectivity index (χ1) is 7.55. The van der Waals surface area contributed by atoms with Crippen molar-refractivity contribution >= 4 is 0 Å². The Hall–Kier alpha value is -0.120. The molecule has 0 bridgehead atoms. The molecule has 3 heteroatoms. The Morgan fingerprint density at radius 3 is 2.38 bits per heavy atom. The van der Waals surface area contributed by atoms with Crippen LogP contribution in [0.25, 0.3) is 0 Å². The zero-order chi connectivity index (χ0) is 12.4. The number of hydrogen-bond donors (Lipinski definition) is 1. The standard InChI is InChI=1S/C13H30N2O/c1-5-15(10-11-16-4)9-7-6-8-13(2,3)12-14/h5-12,14H2,1-4H3.